The van der Waals surface area contributed by atoms with E-state index in [1.807, 2.05) is 0 Å². The van der Waals surface area contributed by atoms with E-state index >= 15 is 0 Å². The smallest absolute Gasteiger partial charge is 0.227 e. The number of benzene rings is 2. The molecule has 3 fully saturated rings. The molecule has 5 rings (SSSR count). The number of nitrogens with one attached hydrogen (secondary N) is 1. The minimum Gasteiger partial charge on any atom is -0.355 e. The molecule has 0 aromatic heterocycles. The first-order chi connectivity index (χ1) is 14.3. The molecular formula is C26H32N2O. The second-order valence-electron chi connectivity index (χ2n) is 9.23. The maximum Gasteiger partial charge on any atom is 0.227 e. The molecule has 2 saturated heterocycles. The summed E-state index contributed by atoms with van der Waals surface area (Å²) >= 11 is 0. The first-order valence-corrected chi connectivity index (χ1v) is 11.4. The minimum atomic E-state index is -0.214. The average molecular weight is 389 g/mol. The van der Waals surface area contributed by atoms with Gasteiger partial charge in [-0.15, -0.1) is 0 Å². The maximum atomic E-state index is 13.0. The van der Waals surface area contributed by atoms with Gasteiger partial charge in [0.05, 0.1) is 5.41 Å². The van der Waals surface area contributed by atoms with Crippen LogP contribution >= 0.6 is 0 Å². The molecular weight excluding hydrogens is 356 g/mol. The van der Waals surface area contributed by atoms with Gasteiger partial charge < -0.3 is 5.32 Å². The van der Waals surface area contributed by atoms with E-state index in [2.05, 4.69) is 70.9 Å². The van der Waals surface area contributed by atoms with Crippen LogP contribution in [0.25, 0.3) is 0 Å². The fraction of sp³-hybridized carbons (Fsp3) is 0.500. The monoisotopic (exact) mass is 388 g/mol. The van der Waals surface area contributed by atoms with Crippen molar-refractivity contribution in [2.75, 3.05) is 19.6 Å². The Bertz CT molecular complexity index is 826. The normalized spacial score (nSPS) is 29.7. The van der Waals surface area contributed by atoms with Crippen molar-refractivity contribution in [3.63, 3.8) is 0 Å². The summed E-state index contributed by atoms with van der Waals surface area (Å²) in [7, 11) is 0. The highest BCUT2D eigenvalue weighted by Crippen LogP contribution is 2.49. The number of hydrogen-bond donors (Lipinski definition) is 1. The second-order valence-corrected chi connectivity index (χ2v) is 9.23. The summed E-state index contributed by atoms with van der Waals surface area (Å²) in [5.41, 5.74) is 2.60. The van der Waals surface area contributed by atoms with Crippen LogP contribution in [0.2, 0.25) is 0 Å². The minimum absolute atomic E-state index is 0.214. The molecule has 3 atom stereocenters. The van der Waals surface area contributed by atoms with Gasteiger partial charge in [0.15, 0.2) is 0 Å². The van der Waals surface area contributed by atoms with Crippen LogP contribution in [0.4, 0.5) is 0 Å². The van der Waals surface area contributed by atoms with Gasteiger partial charge in [-0.1, -0.05) is 73.5 Å². The first-order valence-electron chi connectivity index (χ1n) is 11.4. The summed E-state index contributed by atoms with van der Waals surface area (Å²) < 4.78 is 0. The Hall–Kier alpha value is -2.13. The van der Waals surface area contributed by atoms with Crippen LogP contribution in [0.3, 0.4) is 0 Å². The van der Waals surface area contributed by atoms with Crippen molar-refractivity contribution in [3.8, 4) is 0 Å². The zero-order chi connectivity index (χ0) is 19.7. The summed E-state index contributed by atoms with van der Waals surface area (Å²) in [4.78, 5) is 15.7. The quantitative estimate of drug-likeness (QED) is 0.826. The van der Waals surface area contributed by atoms with Crippen molar-refractivity contribution >= 4 is 5.91 Å². The Labute approximate surface area is 174 Å². The molecule has 3 nitrogen and oxygen atoms in total. The SMILES string of the molecule is O=C1NC[C@H](c2ccccc2)C12CCN(C1CCCCC1c1ccccc1)CC2. The van der Waals surface area contributed by atoms with Gasteiger partial charge >= 0.3 is 0 Å². The van der Waals surface area contributed by atoms with Crippen molar-refractivity contribution in [3.05, 3.63) is 71.8 Å². The highest BCUT2D eigenvalue weighted by atomic mass is 16.2. The van der Waals surface area contributed by atoms with Gasteiger partial charge in [0.25, 0.3) is 0 Å². The predicted octanol–water partition coefficient (Wildman–Crippen LogP) is 4.71. The predicted molar refractivity (Wildman–Crippen MR) is 117 cm³/mol. The summed E-state index contributed by atoms with van der Waals surface area (Å²) in [6, 6.07) is 22.4. The topological polar surface area (TPSA) is 32.3 Å². The van der Waals surface area contributed by atoms with Crippen molar-refractivity contribution in [1.29, 1.82) is 0 Å². The van der Waals surface area contributed by atoms with E-state index in [0.717, 1.165) is 32.5 Å². The van der Waals surface area contributed by atoms with Crippen LogP contribution in [-0.2, 0) is 4.79 Å². The van der Waals surface area contributed by atoms with Crippen LogP contribution in [-0.4, -0.2) is 36.5 Å². The van der Waals surface area contributed by atoms with Crippen LogP contribution in [0.5, 0.6) is 0 Å². The van der Waals surface area contributed by atoms with Crippen molar-refractivity contribution in [2.24, 2.45) is 5.41 Å². The molecule has 2 heterocycles. The lowest BCUT2D eigenvalue weighted by molar-refractivity contribution is -0.131. The number of rotatable bonds is 3. The van der Waals surface area contributed by atoms with E-state index in [1.165, 1.54) is 36.8 Å². The highest BCUT2D eigenvalue weighted by molar-refractivity contribution is 5.86. The standard InChI is InChI=1S/C26H32N2O/c29-25-26(23(19-27-25)21-11-5-2-6-12-21)15-17-28(18-16-26)24-14-8-7-13-22(24)20-9-3-1-4-10-20/h1-6,9-12,22-24H,7-8,13-19H2,(H,27,29)/t22?,23-,24?/m1/s1. The van der Waals surface area contributed by atoms with Gasteiger partial charge in [-0.25, -0.2) is 0 Å². The van der Waals surface area contributed by atoms with Crippen molar-refractivity contribution in [2.45, 2.75) is 56.4 Å². The molecule has 1 N–H and O–H groups in total. The summed E-state index contributed by atoms with van der Waals surface area (Å²) in [5.74, 6) is 1.24. The van der Waals surface area contributed by atoms with Gasteiger partial charge in [-0.05, 0) is 55.8 Å². The number of carbonyl (C=O) groups excluding carboxylic acids is 1. The Morgan fingerprint density at radius 1 is 0.828 bits per heavy atom. The third-order valence-electron chi connectivity index (χ3n) is 7.90. The van der Waals surface area contributed by atoms with Gasteiger partial charge in [0, 0.05) is 18.5 Å². The summed E-state index contributed by atoms with van der Waals surface area (Å²) in [6.45, 7) is 2.88. The van der Waals surface area contributed by atoms with Crippen LogP contribution < -0.4 is 5.32 Å². The third kappa shape index (κ3) is 3.40. The lowest BCUT2D eigenvalue weighted by Crippen LogP contribution is -2.51. The average Bonchev–Trinajstić information content (AvgIpc) is 3.11. The largest absolute Gasteiger partial charge is 0.355 e. The Balaban J connectivity index is 1.34. The lowest BCUT2D eigenvalue weighted by Gasteiger charge is -2.47. The summed E-state index contributed by atoms with van der Waals surface area (Å²) in [6.07, 6.45) is 7.23. The van der Waals surface area contributed by atoms with Crippen LogP contribution in [0.1, 0.15) is 61.5 Å². The zero-order valence-electron chi connectivity index (χ0n) is 17.2. The summed E-state index contributed by atoms with van der Waals surface area (Å²) in [5, 5.41) is 3.20. The molecule has 0 radical (unpaired) electrons. The molecule has 1 saturated carbocycles. The van der Waals surface area contributed by atoms with Crippen LogP contribution in [0.15, 0.2) is 60.7 Å². The first kappa shape index (κ1) is 18.9. The molecule has 2 aromatic rings. The Kier molecular flexibility index (Phi) is 5.17. The highest BCUT2D eigenvalue weighted by Gasteiger charge is 2.52. The second kappa shape index (κ2) is 7.95. The van der Waals surface area contributed by atoms with E-state index in [-0.39, 0.29) is 11.3 Å². The number of likely N-dealkylation sites (tertiary alicyclic amines) is 1. The van der Waals surface area contributed by atoms with Crippen LogP contribution in [0, 0.1) is 5.41 Å². The van der Waals surface area contributed by atoms with Crippen molar-refractivity contribution in [1.82, 2.24) is 10.2 Å². The fourth-order valence-corrected chi connectivity index (χ4v) is 6.31. The number of hydrogen-bond acceptors (Lipinski definition) is 2. The third-order valence-corrected chi connectivity index (χ3v) is 7.90. The zero-order valence-corrected chi connectivity index (χ0v) is 17.2. The van der Waals surface area contributed by atoms with Gasteiger partial charge in [0.2, 0.25) is 5.91 Å². The fourth-order valence-electron chi connectivity index (χ4n) is 6.31. The molecule has 3 heteroatoms. The number of piperidine rings is 1. The Morgan fingerprint density at radius 3 is 2.14 bits per heavy atom. The number of carbonyl (C=O) groups is 1. The lowest BCUT2D eigenvalue weighted by atomic mass is 9.67. The molecule has 2 aromatic carbocycles. The Morgan fingerprint density at radius 2 is 1.45 bits per heavy atom. The molecule has 152 valence electrons. The van der Waals surface area contributed by atoms with Gasteiger partial charge in [0.1, 0.15) is 0 Å². The molecule has 1 aliphatic carbocycles. The van der Waals surface area contributed by atoms with E-state index in [0.29, 0.717) is 17.9 Å². The molecule has 3 aliphatic rings. The van der Waals surface area contributed by atoms with E-state index in [9.17, 15) is 4.79 Å². The molecule has 0 bridgehead atoms. The van der Waals surface area contributed by atoms with E-state index in [1.54, 1.807) is 0 Å². The molecule has 29 heavy (non-hydrogen) atoms. The molecule has 2 aliphatic heterocycles. The molecule has 1 spiro atoms. The molecule has 1 amide bonds. The molecule has 2 unspecified atom stereocenters. The van der Waals surface area contributed by atoms with Gasteiger partial charge in [-0.3, -0.25) is 9.69 Å². The number of amides is 1. The van der Waals surface area contributed by atoms with E-state index in [4.69, 9.17) is 0 Å². The number of nitrogens with zero attached hydrogens (tertiary/aromatic N) is 1. The maximum absolute atomic E-state index is 13.0. The van der Waals surface area contributed by atoms with Gasteiger partial charge in [-0.2, -0.15) is 0 Å². The van der Waals surface area contributed by atoms with E-state index < -0.39 is 0 Å². The van der Waals surface area contributed by atoms with Crippen molar-refractivity contribution < 1.29 is 4.79 Å².